The molecule has 2 heterocycles. The molecule has 6 heteroatoms. The van der Waals surface area contributed by atoms with Crippen molar-refractivity contribution in [3.05, 3.63) is 6.42 Å². The molecule has 99 valence electrons. The summed E-state index contributed by atoms with van der Waals surface area (Å²) in [5.41, 5.74) is 6.14. The zero-order chi connectivity index (χ0) is 12.4. The van der Waals surface area contributed by atoms with Crippen molar-refractivity contribution in [2.24, 2.45) is 11.1 Å². The molecule has 2 rings (SSSR count). The minimum absolute atomic E-state index is 0.318. The Morgan fingerprint density at radius 1 is 1.29 bits per heavy atom. The maximum Gasteiger partial charge on any atom is 0.152 e. The maximum atomic E-state index is 11.3. The van der Waals surface area contributed by atoms with Gasteiger partial charge in [0.25, 0.3) is 0 Å². The number of sulfone groups is 1. The molecule has 1 radical (unpaired) electrons. The molecule has 0 unspecified atom stereocenters. The first-order valence-electron chi connectivity index (χ1n) is 6.08. The molecule has 0 aromatic rings. The van der Waals surface area contributed by atoms with Crippen LogP contribution >= 0.6 is 11.8 Å². The van der Waals surface area contributed by atoms with Gasteiger partial charge < -0.3 is 10.6 Å². The monoisotopic (exact) mass is 277 g/mol. The number of hydrogen-bond acceptors (Lipinski definition) is 5. The van der Waals surface area contributed by atoms with E-state index in [0.717, 1.165) is 19.5 Å². The van der Waals surface area contributed by atoms with Crippen molar-refractivity contribution < 1.29 is 8.42 Å². The summed E-state index contributed by atoms with van der Waals surface area (Å²) in [6, 6.07) is 0. The largest absolute Gasteiger partial charge is 0.330 e. The first-order chi connectivity index (χ1) is 8.05. The van der Waals surface area contributed by atoms with Gasteiger partial charge in [0.2, 0.25) is 0 Å². The Labute approximate surface area is 108 Å². The second-order valence-electron chi connectivity index (χ2n) is 5.14. The average Bonchev–Trinajstić information content (AvgIpc) is 2.24. The smallest absolute Gasteiger partial charge is 0.152 e. The third kappa shape index (κ3) is 3.59. The molecule has 0 bridgehead atoms. The third-order valence-electron chi connectivity index (χ3n) is 3.65. The van der Waals surface area contributed by atoms with E-state index in [-0.39, 0.29) is 0 Å². The van der Waals surface area contributed by atoms with Gasteiger partial charge in [-0.2, -0.15) is 11.8 Å². The highest BCUT2D eigenvalue weighted by atomic mass is 32.2. The second-order valence-corrected chi connectivity index (χ2v) is 8.43. The Balaban J connectivity index is 1.66. The molecule has 2 aliphatic rings. The summed E-state index contributed by atoms with van der Waals surface area (Å²) in [6.45, 7) is 3.04. The zero-order valence-electron chi connectivity index (χ0n) is 10.1. The SMILES string of the molecule is NCC1(C[CH]CN2CCS(=O)(=O)CC2)CSC1. The Morgan fingerprint density at radius 2 is 1.94 bits per heavy atom. The second kappa shape index (κ2) is 5.47. The van der Waals surface area contributed by atoms with E-state index in [1.807, 2.05) is 11.8 Å². The molecule has 2 saturated heterocycles. The van der Waals surface area contributed by atoms with Crippen molar-refractivity contribution >= 4 is 21.6 Å². The van der Waals surface area contributed by atoms with Gasteiger partial charge in [-0.3, -0.25) is 0 Å². The van der Waals surface area contributed by atoms with Crippen molar-refractivity contribution in [1.82, 2.24) is 4.90 Å². The van der Waals surface area contributed by atoms with E-state index >= 15 is 0 Å². The summed E-state index contributed by atoms with van der Waals surface area (Å²) in [5, 5.41) is 0. The highest BCUT2D eigenvalue weighted by Gasteiger charge is 2.35. The van der Waals surface area contributed by atoms with Crippen LogP contribution in [-0.4, -0.2) is 62.5 Å². The predicted octanol–water partition coefficient (Wildman–Crippen LogP) is 0.00309. The van der Waals surface area contributed by atoms with Crippen LogP contribution in [0.3, 0.4) is 0 Å². The highest BCUT2D eigenvalue weighted by Crippen LogP contribution is 2.40. The fraction of sp³-hybridized carbons (Fsp3) is 0.909. The van der Waals surface area contributed by atoms with Crippen LogP contribution in [0.15, 0.2) is 0 Å². The van der Waals surface area contributed by atoms with Gasteiger partial charge in [0.15, 0.2) is 9.84 Å². The summed E-state index contributed by atoms with van der Waals surface area (Å²) in [7, 11) is -2.75. The number of rotatable bonds is 5. The van der Waals surface area contributed by atoms with E-state index in [1.165, 1.54) is 11.5 Å². The normalized spacial score (nSPS) is 27.6. The fourth-order valence-corrected chi connectivity index (χ4v) is 4.73. The van der Waals surface area contributed by atoms with E-state index in [1.54, 1.807) is 0 Å². The first kappa shape index (κ1) is 13.6. The van der Waals surface area contributed by atoms with Crippen LogP contribution in [0.2, 0.25) is 0 Å². The Bertz CT molecular complexity index is 333. The average molecular weight is 277 g/mol. The lowest BCUT2D eigenvalue weighted by molar-refractivity contribution is 0.294. The van der Waals surface area contributed by atoms with E-state index in [4.69, 9.17) is 5.73 Å². The van der Waals surface area contributed by atoms with Crippen molar-refractivity contribution in [1.29, 1.82) is 0 Å². The van der Waals surface area contributed by atoms with Crippen molar-refractivity contribution in [3.8, 4) is 0 Å². The molecule has 0 spiro atoms. The minimum Gasteiger partial charge on any atom is -0.330 e. The lowest BCUT2D eigenvalue weighted by Gasteiger charge is -2.40. The van der Waals surface area contributed by atoms with Gasteiger partial charge in [-0.1, -0.05) is 0 Å². The van der Waals surface area contributed by atoms with Gasteiger partial charge in [0, 0.05) is 36.6 Å². The van der Waals surface area contributed by atoms with Crippen LogP contribution in [-0.2, 0) is 9.84 Å². The highest BCUT2D eigenvalue weighted by molar-refractivity contribution is 8.00. The van der Waals surface area contributed by atoms with Crippen LogP contribution < -0.4 is 5.73 Å². The summed E-state index contributed by atoms with van der Waals surface area (Å²) >= 11 is 1.96. The van der Waals surface area contributed by atoms with Crippen LogP contribution in [0.1, 0.15) is 6.42 Å². The van der Waals surface area contributed by atoms with Crippen LogP contribution in [0.4, 0.5) is 0 Å². The molecule has 17 heavy (non-hydrogen) atoms. The summed E-state index contributed by atoms with van der Waals surface area (Å²) in [6.07, 6.45) is 3.35. The van der Waals surface area contributed by atoms with Crippen molar-refractivity contribution in [2.75, 3.05) is 49.2 Å². The van der Waals surface area contributed by atoms with E-state index in [2.05, 4.69) is 11.3 Å². The van der Waals surface area contributed by atoms with Gasteiger partial charge in [-0.25, -0.2) is 8.42 Å². The van der Waals surface area contributed by atoms with Crippen LogP contribution in [0, 0.1) is 11.8 Å². The maximum absolute atomic E-state index is 11.3. The molecule has 2 fully saturated rings. The van der Waals surface area contributed by atoms with Gasteiger partial charge >= 0.3 is 0 Å². The van der Waals surface area contributed by atoms with Crippen molar-refractivity contribution in [3.63, 3.8) is 0 Å². The molecule has 0 aromatic heterocycles. The molecule has 0 amide bonds. The first-order valence-corrected chi connectivity index (χ1v) is 9.05. The molecule has 0 saturated carbocycles. The topological polar surface area (TPSA) is 63.4 Å². The quantitative estimate of drug-likeness (QED) is 0.766. The third-order valence-corrected chi connectivity index (χ3v) is 6.89. The van der Waals surface area contributed by atoms with Gasteiger partial charge in [-0.05, 0) is 19.4 Å². The molecule has 2 N–H and O–H groups in total. The van der Waals surface area contributed by atoms with E-state index in [0.29, 0.717) is 30.0 Å². The molecule has 0 atom stereocenters. The fourth-order valence-electron chi connectivity index (χ4n) is 2.20. The Kier molecular flexibility index (Phi) is 4.39. The lowest BCUT2D eigenvalue weighted by atomic mass is 9.86. The molecule has 0 aliphatic carbocycles. The lowest BCUT2D eigenvalue weighted by Crippen LogP contribution is -2.44. The van der Waals surface area contributed by atoms with Gasteiger partial charge in [0.05, 0.1) is 11.5 Å². The molecular weight excluding hydrogens is 256 g/mol. The molecule has 0 aromatic carbocycles. The standard InChI is InChI=1S/C11H21N2O2S2/c12-8-11(9-16-10-11)2-1-3-13-4-6-17(14,15)7-5-13/h1H,2-10,12H2. The predicted molar refractivity (Wildman–Crippen MR) is 72.8 cm³/mol. The van der Waals surface area contributed by atoms with Crippen molar-refractivity contribution in [2.45, 2.75) is 6.42 Å². The zero-order valence-corrected chi connectivity index (χ0v) is 11.7. The minimum atomic E-state index is -2.75. The number of nitrogens with two attached hydrogens (primary N) is 1. The van der Waals surface area contributed by atoms with E-state index in [9.17, 15) is 8.42 Å². The molecule has 4 nitrogen and oxygen atoms in total. The van der Waals surface area contributed by atoms with Gasteiger partial charge in [-0.15, -0.1) is 0 Å². The Morgan fingerprint density at radius 3 is 2.41 bits per heavy atom. The number of nitrogens with zero attached hydrogens (tertiary/aromatic N) is 1. The molecular formula is C11H21N2O2S2. The van der Waals surface area contributed by atoms with E-state index < -0.39 is 9.84 Å². The van der Waals surface area contributed by atoms with Gasteiger partial charge in [0.1, 0.15) is 0 Å². The summed E-state index contributed by atoms with van der Waals surface area (Å²) in [4.78, 5) is 2.22. The Hall–Kier alpha value is 0.220. The summed E-state index contributed by atoms with van der Waals surface area (Å²) in [5.74, 6) is 2.99. The summed E-state index contributed by atoms with van der Waals surface area (Å²) < 4.78 is 22.5. The van der Waals surface area contributed by atoms with Crippen LogP contribution in [0.5, 0.6) is 0 Å². The number of thioether (sulfide) groups is 1. The molecule has 2 aliphatic heterocycles. The van der Waals surface area contributed by atoms with Crippen LogP contribution in [0.25, 0.3) is 0 Å². The number of hydrogen-bond donors (Lipinski definition) is 1.